The number of fused-ring (bicyclic) bond motifs is 1. The van der Waals surface area contributed by atoms with Crippen LogP contribution >= 0.6 is 0 Å². The van der Waals surface area contributed by atoms with Gasteiger partial charge in [0.05, 0.1) is 17.5 Å². The Hall–Kier alpha value is -2.41. The summed E-state index contributed by atoms with van der Waals surface area (Å²) >= 11 is 0. The van der Waals surface area contributed by atoms with Gasteiger partial charge in [0.2, 0.25) is 0 Å². The van der Waals surface area contributed by atoms with E-state index in [1.807, 2.05) is 23.8 Å². The number of hydrogen-bond acceptors (Lipinski definition) is 3. The molecule has 0 saturated heterocycles. The molecule has 0 atom stereocenters. The van der Waals surface area contributed by atoms with Crippen molar-refractivity contribution in [2.45, 2.75) is 0 Å². The summed E-state index contributed by atoms with van der Waals surface area (Å²) in [4.78, 5) is 8.33. The number of nitriles is 1. The fourth-order valence-electron chi connectivity index (χ4n) is 1.47. The smallest absolute Gasteiger partial charge is 0.169 e. The van der Waals surface area contributed by atoms with Gasteiger partial charge in [-0.3, -0.25) is 0 Å². The van der Waals surface area contributed by atoms with Crippen molar-refractivity contribution < 1.29 is 0 Å². The second-order valence-corrected chi connectivity index (χ2v) is 3.42. The molecule has 2 rings (SSSR count). The largest absolute Gasteiger partial charge is 0.334 e. The van der Waals surface area contributed by atoms with E-state index in [9.17, 15) is 0 Å². The number of pyridine rings is 1. The van der Waals surface area contributed by atoms with Gasteiger partial charge in [-0.1, -0.05) is 19.2 Å². The van der Waals surface area contributed by atoms with Gasteiger partial charge >= 0.3 is 0 Å². The van der Waals surface area contributed by atoms with Crippen LogP contribution in [0.15, 0.2) is 31.6 Å². The number of aromatic nitrogens is 3. The van der Waals surface area contributed by atoms with Gasteiger partial charge in [0.25, 0.3) is 0 Å². The Bertz CT molecular complexity index is 628. The van der Waals surface area contributed by atoms with Gasteiger partial charge in [-0.05, 0) is 11.6 Å². The molecule has 0 radical (unpaired) electrons. The molecule has 0 unspecified atom stereocenters. The van der Waals surface area contributed by atoms with Gasteiger partial charge in [0, 0.05) is 7.05 Å². The molecular weight excluding hydrogens is 200 g/mol. The van der Waals surface area contributed by atoms with Gasteiger partial charge in [-0.15, -0.1) is 0 Å². The lowest BCUT2D eigenvalue weighted by atomic mass is 10.1. The average Bonchev–Trinajstić information content (AvgIpc) is 2.69. The Morgan fingerprint density at radius 1 is 1.62 bits per heavy atom. The standard InChI is InChI=1S/C12H10N4/c1-4-8(2)9-5-11-12(10(6-13)15-9)14-7-16(11)3/h4-5,7H,1-2H2,3H3. The maximum Gasteiger partial charge on any atom is 0.169 e. The fourth-order valence-corrected chi connectivity index (χ4v) is 1.47. The molecule has 0 fully saturated rings. The van der Waals surface area contributed by atoms with E-state index < -0.39 is 0 Å². The van der Waals surface area contributed by atoms with Crippen LogP contribution in [-0.2, 0) is 7.05 Å². The minimum Gasteiger partial charge on any atom is -0.334 e. The summed E-state index contributed by atoms with van der Waals surface area (Å²) in [5.41, 5.74) is 3.15. The third kappa shape index (κ3) is 1.39. The molecule has 0 aliphatic rings. The molecule has 16 heavy (non-hydrogen) atoms. The number of nitrogens with zero attached hydrogens (tertiary/aromatic N) is 4. The summed E-state index contributed by atoms with van der Waals surface area (Å²) in [6.07, 6.45) is 3.28. The Kier molecular flexibility index (Phi) is 2.29. The van der Waals surface area contributed by atoms with Gasteiger partial charge < -0.3 is 4.57 Å². The minimum absolute atomic E-state index is 0.316. The van der Waals surface area contributed by atoms with E-state index in [-0.39, 0.29) is 0 Å². The highest BCUT2D eigenvalue weighted by Crippen LogP contribution is 2.20. The van der Waals surface area contributed by atoms with Crippen molar-refractivity contribution in [3.8, 4) is 6.07 Å². The van der Waals surface area contributed by atoms with Crippen LogP contribution in [0, 0.1) is 11.3 Å². The van der Waals surface area contributed by atoms with Crippen molar-refractivity contribution in [2.24, 2.45) is 7.05 Å². The molecule has 4 nitrogen and oxygen atoms in total. The highest BCUT2D eigenvalue weighted by Gasteiger charge is 2.10. The first-order valence-corrected chi connectivity index (χ1v) is 4.71. The molecule has 2 aromatic heterocycles. The summed E-state index contributed by atoms with van der Waals surface area (Å²) in [5, 5.41) is 9.01. The first kappa shape index (κ1) is 10.1. The summed E-state index contributed by atoms with van der Waals surface area (Å²) in [7, 11) is 1.87. The predicted octanol–water partition coefficient (Wildman–Crippen LogP) is 2.04. The summed E-state index contributed by atoms with van der Waals surface area (Å²) in [6, 6.07) is 3.89. The lowest BCUT2D eigenvalue weighted by Crippen LogP contribution is -1.94. The molecular formula is C12H10N4. The molecule has 2 aromatic rings. The fraction of sp³-hybridized carbons (Fsp3) is 0.0833. The molecule has 0 aliphatic carbocycles. The Balaban J connectivity index is 2.81. The van der Waals surface area contributed by atoms with E-state index in [0.29, 0.717) is 22.5 Å². The van der Waals surface area contributed by atoms with Gasteiger partial charge in [-0.2, -0.15) is 5.26 Å². The summed E-state index contributed by atoms with van der Waals surface area (Å²) in [5.74, 6) is 0. The van der Waals surface area contributed by atoms with E-state index >= 15 is 0 Å². The van der Waals surface area contributed by atoms with Gasteiger partial charge in [0.15, 0.2) is 5.69 Å². The van der Waals surface area contributed by atoms with Crippen LogP contribution in [0.2, 0.25) is 0 Å². The molecule has 0 bridgehead atoms. The molecule has 0 aromatic carbocycles. The van der Waals surface area contributed by atoms with Crippen LogP contribution < -0.4 is 0 Å². The van der Waals surface area contributed by atoms with Crippen molar-refractivity contribution in [2.75, 3.05) is 0 Å². The van der Waals surface area contributed by atoms with Crippen molar-refractivity contribution >= 4 is 16.6 Å². The predicted molar refractivity (Wildman–Crippen MR) is 62.5 cm³/mol. The molecule has 78 valence electrons. The monoisotopic (exact) mass is 210 g/mol. The zero-order valence-electron chi connectivity index (χ0n) is 8.94. The van der Waals surface area contributed by atoms with E-state index in [1.165, 1.54) is 0 Å². The maximum atomic E-state index is 9.01. The lowest BCUT2D eigenvalue weighted by molar-refractivity contribution is 0.947. The van der Waals surface area contributed by atoms with E-state index in [2.05, 4.69) is 23.1 Å². The van der Waals surface area contributed by atoms with Crippen LogP contribution in [0.4, 0.5) is 0 Å². The quantitative estimate of drug-likeness (QED) is 0.713. The molecule has 4 heteroatoms. The Morgan fingerprint density at radius 3 is 3.00 bits per heavy atom. The molecule has 2 heterocycles. The molecule has 0 saturated carbocycles. The normalized spacial score (nSPS) is 10.0. The number of aryl methyl sites for hydroxylation is 1. The second-order valence-electron chi connectivity index (χ2n) is 3.42. The van der Waals surface area contributed by atoms with E-state index in [0.717, 1.165) is 5.52 Å². The SMILES string of the molecule is C=CC(=C)c1cc2c(ncn2C)c(C#N)n1. The zero-order valence-corrected chi connectivity index (χ0v) is 8.94. The Morgan fingerprint density at radius 2 is 2.38 bits per heavy atom. The third-order valence-electron chi connectivity index (χ3n) is 2.39. The van der Waals surface area contributed by atoms with Crippen LogP contribution in [0.25, 0.3) is 16.6 Å². The van der Waals surface area contributed by atoms with Crippen molar-refractivity contribution in [1.82, 2.24) is 14.5 Å². The minimum atomic E-state index is 0.316. The van der Waals surface area contributed by atoms with Crippen LogP contribution in [0.1, 0.15) is 11.4 Å². The second kappa shape index (κ2) is 3.63. The van der Waals surface area contributed by atoms with E-state index in [4.69, 9.17) is 5.26 Å². The number of imidazole rings is 1. The van der Waals surface area contributed by atoms with Gasteiger partial charge in [-0.25, -0.2) is 9.97 Å². The van der Waals surface area contributed by atoms with Crippen LogP contribution in [-0.4, -0.2) is 14.5 Å². The molecule has 0 spiro atoms. The van der Waals surface area contributed by atoms with Gasteiger partial charge in [0.1, 0.15) is 11.6 Å². The van der Waals surface area contributed by atoms with Crippen LogP contribution in [0.3, 0.4) is 0 Å². The van der Waals surface area contributed by atoms with Crippen molar-refractivity contribution in [1.29, 1.82) is 5.26 Å². The number of rotatable bonds is 2. The number of hydrogen-bond donors (Lipinski definition) is 0. The van der Waals surface area contributed by atoms with E-state index in [1.54, 1.807) is 12.4 Å². The summed E-state index contributed by atoms with van der Waals surface area (Å²) < 4.78 is 1.84. The average molecular weight is 210 g/mol. The zero-order chi connectivity index (χ0) is 11.7. The molecule has 0 amide bonds. The maximum absolute atomic E-state index is 9.01. The molecule has 0 aliphatic heterocycles. The first-order valence-electron chi connectivity index (χ1n) is 4.71. The molecule has 0 N–H and O–H groups in total. The Labute approximate surface area is 93.2 Å². The summed E-state index contributed by atoms with van der Waals surface area (Å²) in [6.45, 7) is 7.46. The van der Waals surface area contributed by atoms with Crippen LogP contribution in [0.5, 0.6) is 0 Å². The topological polar surface area (TPSA) is 54.5 Å². The first-order chi connectivity index (χ1) is 7.67. The highest BCUT2D eigenvalue weighted by molar-refractivity contribution is 5.84. The lowest BCUT2D eigenvalue weighted by Gasteiger charge is -2.02. The highest BCUT2D eigenvalue weighted by atomic mass is 15.0. The number of allylic oxidation sites excluding steroid dienone is 2. The third-order valence-corrected chi connectivity index (χ3v) is 2.39. The van der Waals surface area contributed by atoms with Crippen molar-refractivity contribution in [3.63, 3.8) is 0 Å². The van der Waals surface area contributed by atoms with Crippen molar-refractivity contribution in [3.05, 3.63) is 43.0 Å².